The molecule has 174 valence electrons. The summed E-state index contributed by atoms with van der Waals surface area (Å²) < 4.78 is 45.4. The summed E-state index contributed by atoms with van der Waals surface area (Å²) in [4.78, 5) is 2.09. The number of hydrogen-bond acceptors (Lipinski definition) is 5. The molecule has 4 rings (SSSR count). The van der Waals surface area contributed by atoms with Gasteiger partial charge in [0.2, 0.25) is 0 Å². The fourth-order valence-electron chi connectivity index (χ4n) is 3.71. The molecule has 0 amide bonds. The van der Waals surface area contributed by atoms with Gasteiger partial charge in [-0.1, -0.05) is 24.0 Å². The van der Waals surface area contributed by atoms with Crippen LogP contribution in [-0.2, 0) is 9.26 Å². The number of hydrogen-bond donors (Lipinski definition) is 1. The van der Waals surface area contributed by atoms with E-state index in [1.807, 2.05) is 31.5 Å². The number of rotatable bonds is 7. The van der Waals surface area contributed by atoms with Crippen LogP contribution in [0.2, 0.25) is 0 Å². The topological polar surface area (TPSA) is 43.0 Å². The molecular formula is C24H24F2IN2O3P. The van der Waals surface area contributed by atoms with Crippen molar-refractivity contribution in [2.75, 3.05) is 19.8 Å². The van der Waals surface area contributed by atoms with Gasteiger partial charge in [-0.05, 0) is 64.4 Å². The Morgan fingerprint density at radius 2 is 2.00 bits per heavy atom. The van der Waals surface area contributed by atoms with Crippen molar-refractivity contribution in [3.63, 3.8) is 0 Å². The highest BCUT2D eigenvalue weighted by atomic mass is 127. The first-order valence-corrected chi connectivity index (χ1v) is 14.6. The molecule has 2 heterocycles. The minimum absolute atomic E-state index is 0.0420. The maximum absolute atomic E-state index is 14.5. The highest BCUT2D eigenvalue weighted by Crippen LogP contribution is 2.31. The lowest BCUT2D eigenvalue weighted by molar-refractivity contribution is 0.132. The number of benzene rings is 2. The van der Waals surface area contributed by atoms with Crippen molar-refractivity contribution in [3.8, 4) is 28.7 Å². The zero-order chi connectivity index (χ0) is 23.2. The summed E-state index contributed by atoms with van der Waals surface area (Å²) in [5.74, 6) is 4.53. The first kappa shape index (κ1) is 24.2. The SMILES string of the molecule is CC(OPI)C1NC=CN1CC#Cc1ccc(-c2cc(F)c(O[C@H]3CCOC3)c(F)c2)cc1. The average Bonchev–Trinajstić information content (AvgIpc) is 3.49. The Balaban J connectivity index is 1.40. The van der Waals surface area contributed by atoms with Gasteiger partial charge in [0.15, 0.2) is 17.4 Å². The molecule has 0 saturated carbocycles. The van der Waals surface area contributed by atoms with Gasteiger partial charge in [0.25, 0.3) is 0 Å². The van der Waals surface area contributed by atoms with Crippen molar-refractivity contribution in [2.45, 2.75) is 31.7 Å². The fourth-order valence-corrected chi connectivity index (χ4v) is 5.18. The monoisotopic (exact) mass is 584 g/mol. The van der Waals surface area contributed by atoms with Crippen LogP contribution in [0.25, 0.3) is 11.1 Å². The first-order chi connectivity index (χ1) is 16.0. The zero-order valence-electron chi connectivity index (χ0n) is 18.0. The molecule has 2 aliphatic heterocycles. The van der Waals surface area contributed by atoms with Gasteiger partial charge in [-0.2, -0.15) is 0 Å². The van der Waals surface area contributed by atoms with Gasteiger partial charge in [-0.15, -0.1) is 0 Å². The van der Waals surface area contributed by atoms with E-state index in [1.54, 1.807) is 12.1 Å². The van der Waals surface area contributed by atoms with E-state index in [0.29, 0.717) is 43.8 Å². The maximum atomic E-state index is 14.5. The molecule has 5 nitrogen and oxygen atoms in total. The zero-order valence-corrected chi connectivity index (χ0v) is 21.1. The molecule has 1 N–H and O–H groups in total. The molecule has 0 bridgehead atoms. The Morgan fingerprint density at radius 1 is 1.24 bits per heavy atom. The van der Waals surface area contributed by atoms with Crippen molar-refractivity contribution in [3.05, 3.63) is 66.0 Å². The van der Waals surface area contributed by atoms with E-state index in [0.717, 1.165) is 5.56 Å². The van der Waals surface area contributed by atoms with E-state index in [4.69, 9.17) is 14.0 Å². The molecule has 2 aliphatic rings. The molecule has 1 saturated heterocycles. The standard InChI is InChI=1S/C24H24F2IN2O3P/c1-16(32-33-27)24-28-9-11-29(24)10-2-3-17-4-6-18(7-5-17)19-13-21(25)23(22(26)14-19)31-20-8-12-30-15-20/h4-7,9,11,13-14,16,20,24,28,33H,8,10,12,15H2,1H3/t16?,20-,24?/m0/s1. The Kier molecular flexibility index (Phi) is 8.42. The number of halogens is 3. The predicted octanol–water partition coefficient (Wildman–Crippen LogP) is 5.20. The molecular weight excluding hydrogens is 560 g/mol. The lowest BCUT2D eigenvalue weighted by atomic mass is 10.0. The Labute approximate surface area is 207 Å². The van der Waals surface area contributed by atoms with Crippen molar-refractivity contribution in [2.24, 2.45) is 0 Å². The molecule has 0 aromatic heterocycles. The van der Waals surface area contributed by atoms with Crippen LogP contribution < -0.4 is 10.1 Å². The summed E-state index contributed by atoms with van der Waals surface area (Å²) in [6, 6.07) is 9.89. The third-order valence-electron chi connectivity index (χ3n) is 5.45. The van der Waals surface area contributed by atoms with Crippen LogP contribution in [0.4, 0.5) is 8.78 Å². The van der Waals surface area contributed by atoms with Gasteiger partial charge in [0.05, 0.1) is 32.3 Å². The largest absolute Gasteiger partial charge is 0.482 e. The van der Waals surface area contributed by atoms with Crippen LogP contribution in [0, 0.1) is 23.5 Å². The van der Waals surface area contributed by atoms with E-state index < -0.39 is 11.6 Å². The molecule has 2 aromatic rings. The average molecular weight is 584 g/mol. The lowest BCUT2D eigenvalue weighted by Crippen LogP contribution is -2.44. The van der Waals surface area contributed by atoms with E-state index in [1.165, 1.54) is 12.1 Å². The molecule has 9 heteroatoms. The summed E-state index contributed by atoms with van der Waals surface area (Å²) in [6.07, 6.45) is 4.27. The van der Waals surface area contributed by atoms with Crippen LogP contribution in [0.15, 0.2) is 48.8 Å². The van der Waals surface area contributed by atoms with Gasteiger partial charge >= 0.3 is 0 Å². The third-order valence-corrected chi connectivity index (χ3v) is 6.67. The highest BCUT2D eigenvalue weighted by Gasteiger charge is 2.25. The van der Waals surface area contributed by atoms with Crippen LogP contribution in [0.3, 0.4) is 0 Å². The summed E-state index contributed by atoms with van der Waals surface area (Å²) >= 11 is 2.21. The van der Waals surface area contributed by atoms with Gasteiger partial charge in [0.1, 0.15) is 12.3 Å². The van der Waals surface area contributed by atoms with E-state index >= 15 is 0 Å². The second-order valence-corrected chi connectivity index (χ2v) is 9.46. The van der Waals surface area contributed by atoms with Gasteiger partial charge in [-0.25, -0.2) is 8.78 Å². The fraction of sp³-hybridized carbons (Fsp3) is 0.333. The van der Waals surface area contributed by atoms with Crippen LogP contribution in [-0.4, -0.2) is 43.0 Å². The molecule has 0 aliphatic carbocycles. The van der Waals surface area contributed by atoms with Crippen molar-refractivity contribution >= 4 is 28.5 Å². The Hall–Kier alpha value is -1.92. The molecule has 0 radical (unpaired) electrons. The third kappa shape index (κ3) is 6.15. The van der Waals surface area contributed by atoms with Crippen molar-refractivity contribution < 1.29 is 22.8 Å². The van der Waals surface area contributed by atoms with Crippen LogP contribution in [0.1, 0.15) is 18.9 Å². The molecule has 3 unspecified atom stereocenters. The highest BCUT2D eigenvalue weighted by molar-refractivity contribution is 14.2. The van der Waals surface area contributed by atoms with E-state index in [-0.39, 0.29) is 24.1 Å². The minimum atomic E-state index is -0.719. The maximum Gasteiger partial charge on any atom is 0.191 e. The summed E-state index contributed by atoms with van der Waals surface area (Å²) in [5.41, 5.74) is 1.97. The van der Waals surface area contributed by atoms with Gasteiger partial charge in [-0.3, -0.25) is 0 Å². The smallest absolute Gasteiger partial charge is 0.191 e. The van der Waals surface area contributed by atoms with Crippen molar-refractivity contribution in [1.29, 1.82) is 0 Å². The molecule has 4 atom stereocenters. The molecule has 33 heavy (non-hydrogen) atoms. The summed E-state index contributed by atoms with van der Waals surface area (Å²) in [6.45, 7) is 3.87. The summed E-state index contributed by atoms with van der Waals surface area (Å²) in [5, 5.41) is 3.28. The number of ether oxygens (including phenoxy) is 2. The lowest BCUT2D eigenvalue weighted by Gasteiger charge is -2.28. The predicted molar refractivity (Wildman–Crippen MR) is 134 cm³/mol. The van der Waals surface area contributed by atoms with E-state index in [2.05, 4.69) is 44.1 Å². The van der Waals surface area contributed by atoms with Crippen LogP contribution >= 0.6 is 28.5 Å². The normalized spacial score (nSPS) is 20.7. The number of nitrogens with one attached hydrogen (secondary N) is 1. The molecule has 0 spiro atoms. The molecule has 2 aromatic carbocycles. The van der Waals surface area contributed by atoms with E-state index in [9.17, 15) is 8.78 Å². The number of nitrogens with zero attached hydrogens (tertiary/aromatic N) is 1. The Bertz CT molecular complexity index is 1030. The summed E-state index contributed by atoms with van der Waals surface area (Å²) in [7, 11) is 0. The van der Waals surface area contributed by atoms with Crippen LogP contribution in [0.5, 0.6) is 5.75 Å². The first-order valence-electron chi connectivity index (χ1n) is 10.6. The van der Waals surface area contributed by atoms with Crippen molar-refractivity contribution in [1.82, 2.24) is 10.2 Å². The molecule has 1 fully saturated rings. The minimum Gasteiger partial charge on any atom is -0.482 e. The second-order valence-electron chi connectivity index (χ2n) is 7.75. The van der Waals surface area contributed by atoms with Gasteiger partial charge < -0.3 is 24.2 Å². The Morgan fingerprint density at radius 3 is 2.67 bits per heavy atom. The van der Waals surface area contributed by atoms with Gasteiger partial charge in [0, 0.05) is 24.4 Å². The quantitative estimate of drug-likeness (QED) is 0.276. The second kappa shape index (κ2) is 11.5.